The predicted octanol–water partition coefficient (Wildman–Crippen LogP) is -0.697. The van der Waals surface area contributed by atoms with Gasteiger partial charge in [0, 0.05) is 7.11 Å². The molecule has 0 amide bonds. The van der Waals surface area contributed by atoms with Crippen molar-refractivity contribution < 1.29 is 14.6 Å². The van der Waals surface area contributed by atoms with E-state index >= 15 is 0 Å². The van der Waals surface area contributed by atoms with Gasteiger partial charge in [-0.3, -0.25) is 5.32 Å². The van der Waals surface area contributed by atoms with Crippen molar-refractivity contribution in [1.29, 1.82) is 0 Å². The van der Waals surface area contributed by atoms with Crippen molar-refractivity contribution >= 4 is 11.9 Å². The number of hydrogen-bond donors (Lipinski definition) is 2. The van der Waals surface area contributed by atoms with Crippen molar-refractivity contribution in [1.82, 2.24) is 5.32 Å². The van der Waals surface area contributed by atoms with Crippen LogP contribution in [-0.4, -0.2) is 43.6 Å². The zero-order valence-corrected chi connectivity index (χ0v) is 7.87. The van der Waals surface area contributed by atoms with Crippen molar-refractivity contribution in [3.05, 3.63) is 0 Å². The summed E-state index contributed by atoms with van der Waals surface area (Å²) in [7, 11) is 2.90. The molecule has 0 saturated carbocycles. The molecular formula is C7H13N3O3. The number of aliphatic hydroxyl groups excluding tert-OH is 1. The van der Waals surface area contributed by atoms with Gasteiger partial charge in [0.15, 0.2) is 0 Å². The zero-order valence-electron chi connectivity index (χ0n) is 7.87. The molecule has 1 atom stereocenters. The highest BCUT2D eigenvalue weighted by Gasteiger charge is 2.32. The van der Waals surface area contributed by atoms with Crippen LogP contribution in [0.1, 0.15) is 6.92 Å². The molecule has 0 bridgehead atoms. The second-order valence-electron chi connectivity index (χ2n) is 2.55. The van der Waals surface area contributed by atoms with Crippen LogP contribution < -0.4 is 5.32 Å². The summed E-state index contributed by atoms with van der Waals surface area (Å²) < 4.78 is 9.87. The van der Waals surface area contributed by atoms with Gasteiger partial charge in [-0.05, 0) is 6.92 Å². The quantitative estimate of drug-likeness (QED) is 0.599. The number of nitrogens with one attached hydrogen (secondary N) is 1. The van der Waals surface area contributed by atoms with Gasteiger partial charge in [0.1, 0.15) is 12.4 Å². The zero-order chi connectivity index (χ0) is 9.90. The first kappa shape index (κ1) is 9.94. The highest BCUT2D eigenvalue weighted by Crippen LogP contribution is 2.16. The van der Waals surface area contributed by atoms with Crippen LogP contribution in [0.3, 0.4) is 0 Å². The Labute approximate surface area is 76.3 Å². The summed E-state index contributed by atoms with van der Waals surface area (Å²) in [5.41, 5.74) is 0. The summed E-state index contributed by atoms with van der Waals surface area (Å²) in [5, 5.41) is 11.8. The molecule has 0 aliphatic carbocycles. The lowest BCUT2D eigenvalue weighted by Crippen LogP contribution is -2.44. The van der Waals surface area contributed by atoms with Crippen molar-refractivity contribution in [2.24, 2.45) is 9.98 Å². The van der Waals surface area contributed by atoms with E-state index in [1.807, 2.05) is 0 Å². The fourth-order valence-electron chi connectivity index (χ4n) is 0.980. The topological polar surface area (TPSA) is 75.4 Å². The van der Waals surface area contributed by atoms with E-state index in [0.717, 1.165) is 0 Å². The van der Waals surface area contributed by atoms with Crippen molar-refractivity contribution in [2.75, 3.05) is 20.8 Å². The molecule has 1 rings (SSSR count). The monoisotopic (exact) mass is 187 g/mol. The third-order valence-electron chi connectivity index (χ3n) is 1.63. The van der Waals surface area contributed by atoms with Crippen LogP contribution in [0.4, 0.5) is 0 Å². The highest BCUT2D eigenvalue weighted by molar-refractivity contribution is 5.97. The molecule has 0 radical (unpaired) electrons. The van der Waals surface area contributed by atoms with Gasteiger partial charge in [-0.25, -0.2) is 4.99 Å². The van der Waals surface area contributed by atoms with Gasteiger partial charge in [0.25, 0.3) is 11.9 Å². The molecule has 0 aromatic carbocycles. The smallest absolute Gasteiger partial charge is 0.294 e. The molecule has 13 heavy (non-hydrogen) atoms. The number of methoxy groups -OCH3 is 2. The van der Waals surface area contributed by atoms with E-state index in [0.29, 0.717) is 5.84 Å². The standard InChI is InChI=1S/C7H13N3O3/c1-5-8-6(12-2)10-7(4-11,9-5)13-3/h11H,4H2,1-3H3,(H,8,9,10). The Bertz CT molecular complexity index is 245. The van der Waals surface area contributed by atoms with Gasteiger partial charge in [-0.1, -0.05) is 0 Å². The Kier molecular flexibility index (Phi) is 2.84. The SMILES string of the molecule is COC1=NC(CO)(OC)N=C(C)N1. The van der Waals surface area contributed by atoms with E-state index in [9.17, 15) is 0 Å². The van der Waals surface area contributed by atoms with Crippen LogP contribution in [0.2, 0.25) is 0 Å². The molecule has 74 valence electrons. The largest absolute Gasteiger partial charge is 0.468 e. The van der Waals surface area contributed by atoms with Crippen molar-refractivity contribution in [2.45, 2.75) is 12.8 Å². The Hall–Kier alpha value is -1.14. The van der Waals surface area contributed by atoms with Crippen molar-refractivity contribution in [3.8, 4) is 0 Å². The third-order valence-corrected chi connectivity index (χ3v) is 1.63. The summed E-state index contributed by atoms with van der Waals surface area (Å²) in [6, 6.07) is 0.281. The van der Waals surface area contributed by atoms with Gasteiger partial charge in [-0.15, -0.1) is 0 Å². The minimum absolute atomic E-state index is 0.281. The minimum Gasteiger partial charge on any atom is -0.468 e. The molecule has 1 unspecified atom stereocenters. The molecule has 2 N–H and O–H groups in total. The average molecular weight is 187 g/mol. The van der Waals surface area contributed by atoms with Crippen LogP contribution >= 0.6 is 0 Å². The molecule has 0 spiro atoms. The molecule has 6 nitrogen and oxygen atoms in total. The lowest BCUT2D eigenvalue weighted by atomic mass is 10.4. The van der Waals surface area contributed by atoms with E-state index in [1.54, 1.807) is 6.92 Å². The first-order chi connectivity index (χ1) is 6.15. The number of ether oxygens (including phenoxy) is 2. The number of rotatable bonds is 2. The van der Waals surface area contributed by atoms with E-state index in [4.69, 9.17) is 14.6 Å². The van der Waals surface area contributed by atoms with Gasteiger partial charge in [0.2, 0.25) is 0 Å². The molecule has 0 aromatic heterocycles. The summed E-state index contributed by atoms with van der Waals surface area (Å²) in [6.45, 7) is 1.41. The molecule has 1 aliphatic heterocycles. The summed E-state index contributed by atoms with van der Waals surface area (Å²) in [5.74, 6) is -0.663. The molecule has 0 saturated heterocycles. The fourth-order valence-corrected chi connectivity index (χ4v) is 0.980. The second-order valence-corrected chi connectivity index (χ2v) is 2.55. The molecule has 0 aromatic rings. The maximum atomic E-state index is 9.05. The van der Waals surface area contributed by atoms with Gasteiger partial charge in [0.05, 0.1) is 7.11 Å². The van der Waals surface area contributed by atoms with Crippen LogP contribution in [0.5, 0.6) is 0 Å². The molecule has 1 heterocycles. The fraction of sp³-hybridized carbons (Fsp3) is 0.714. The van der Waals surface area contributed by atoms with Gasteiger partial charge in [-0.2, -0.15) is 4.99 Å². The molecule has 1 aliphatic rings. The van der Waals surface area contributed by atoms with E-state index in [-0.39, 0.29) is 12.6 Å². The van der Waals surface area contributed by atoms with E-state index < -0.39 is 5.85 Å². The maximum absolute atomic E-state index is 9.05. The normalized spacial score (nSPS) is 27.4. The molecule has 6 heteroatoms. The summed E-state index contributed by atoms with van der Waals surface area (Å²) >= 11 is 0. The minimum atomic E-state index is -1.25. The third kappa shape index (κ3) is 1.96. The lowest BCUT2D eigenvalue weighted by Gasteiger charge is -2.26. The van der Waals surface area contributed by atoms with Gasteiger partial charge >= 0.3 is 0 Å². The number of amidine groups is 2. The van der Waals surface area contributed by atoms with Crippen LogP contribution in [0.15, 0.2) is 9.98 Å². The molecule has 0 fully saturated rings. The first-order valence-corrected chi connectivity index (χ1v) is 3.79. The maximum Gasteiger partial charge on any atom is 0.294 e. The number of aliphatic imine (C=N–C) groups is 2. The second kappa shape index (κ2) is 3.71. The lowest BCUT2D eigenvalue weighted by molar-refractivity contribution is -0.0411. The van der Waals surface area contributed by atoms with Gasteiger partial charge < -0.3 is 14.6 Å². The number of aliphatic hydroxyl groups is 1. The highest BCUT2D eigenvalue weighted by atomic mass is 16.5. The van der Waals surface area contributed by atoms with Crippen molar-refractivity contribution in [3.63, 3.8) is 0 Å². The Balaban J connectivity index is 2.94. The van der Waals surface area contributed by atoms with E-state index in [1.165, 1.54) is 14.2 Å². The summed E-state index contributed by atoms with van der Waals surface area (Å²) in [6.07, 6.45) is 0. The Morgan fingerprint density at radius 1 is 1.46 bits per heavy atom. The van der Waals surface area contributed by atoms with Crippen LogP contribution in [0.25, 0.3) is 0 Å². The van der Waals surface area contributed by atoms with E-state index in [2.05, 4.69) is 15.3 Å². The van der Waals surface area contributed by atoms with Crippen LogP contribution in [-0.2, 0) is 9.47 Å². The number of nitrogens with zero attached hydrogens (tertiary/aromatic N) is 2. The summed E-state index contributed by atoms with van der Waals surface area (Å²) in [4.78, 5) is 7.96. The van der Waals surface area contributed by atoms with Crippen LogP contribution in [0, 0.1) is 0 Å². The predicted molar refractivity (Wildman–Crippen MR) is 47.5 cm³/mol. The number of hydrogen-bond acceptors (Lipinski definition) is 6. The Morgan fingerprint density at radius 3 is 2.62 bits per heavy atom. The molecular weight excluding hydrogens is 174 g/mol. The first-order valence-electron chi connectivity index (χ1n) is 3.79. The average Bonchev–Trinajstić information content (AvgIpc) is 2.16. The Morgan fingerprint density at radius 2 is 2.15 bits per heavy atom.